The number of fused-ring (bicyclic) bond motifs is 1. The number of rotatable bonds is 7. The van der Waals surface area contributed by atoms with Gasteiger partial charge in [-0.3, -0.25) is 34.3 Å². The number of anilines is 3. The Kier molecular flexibility index (Phi) is 9.41. The minimum atomic E-state index is -0.963. The van der Waals surface area contributed by atoms with Gasteiger partial charge in [0.2, 0.25) is 17.5 Å². The van der Waals surface area contributed by atoms with E-state index in [4.69, 9.17) is 22.9 Å². The molecule has 5 fully saturated rings. The van der Waals surface area contributed by atoms with Gasteiger partial charge in [-0.15, -0.1) is 0 Å². The summed E-state index contributed by atoms with van der Waals surface area (Å²) in [6.45, 7) is 16.3. The predicted molar refractivity (Wildman–Crippen MR) is 214 cm³/mol. The lowest BCUT2D eigenvalue weighted by Crippen LogP contribution is -2.61. The average Bonchev–Trinajstić information content (AvgIpc) is 3.63. The number of carbonyl (C=O) groups is 4. The molecule has 3 aromatic rings. The zero-order valence-electron chi connectivity index (χ0n) is 31.6. The Morgan fingerprint density at radius 2 is 1.52 bits per heavy atom. The minimum Gasteiger partial charge on any atom is -0.490 e. The smallest absolute Gasteiger partial charge is 0.262 e. The highest BCUT2D eigenvalue weighted by Crippen LogP contribution is 2.46. The Morgan fingerprint density at radius 1 is 0.821 bits per heavy atom. The number of ether oxygens (including phenoxy) is 1. The van der Waals surface area contributed by atoms with Crippen molar-refractivity contribution in [3.05, 3.63) is 88.2 Å². The normalized spacial score (nSPS) is 24.4. The van der Waals surface area contributed by atoms with Gasteiger partial charge in [0.1, 0.15) is 17.9 Å². The number of halogens is 1. The van der Waals surface area contributed by atoms with Crippen molar-refractivity contribution in [3.8, 4) is 5.75 Å². The van der Waals surface area contributed by atoms with E-state index < -0.39 is 23.8 Å². The van der Waals surface area contributed by atoms with Crippen LogP contribution in [0.4, 0.5) is 22.7 Å². The molecule has 1 N–H and O–H groups in total. The van der Waals surface area contributed by atoms with Crippen LogP contribution < -0.4 is 24.8 Å². The van der Waals surface area contributed by atoms with E-state index in [1.807, 2.05) is 24.3 Å². The molecule has 6 aliphatic rings. The number of nitrogens with one attached hydrogen (secondary N) is 1. The summed E-state index contributed by atoms with van der Waals surface area (Å²) in [6.07, 6.45) is 5.81. The van der Waals surface area contributed by atoms with Gasteiger partial charge >= 0.3 is 0 Å². The lowest BCUT2D eigenvalue weighted by Gasteiger charge is -2.48. The summed E-state index contributed by atoms with van der Waals surface area (Å²) in [7, 11) is 0. The van der Waals surface area contributed by atoms with Crippen LogP contribution in [0.15, 0.2) is 60.7 Å². The second-order valence-corrected chi connectivity index (χ2v) is 16.9. The lowest BCUT2D eigenvalue weighted by molar-refractivity contribution is -0.136. The molecule has 0 aromatic heterocycles. The van der Waals surface area contributed by atoms with Crippen molar-refractivity contribution in [1.29, 1.82) is 0 Å². The fourth-order valence-electron chi connectivity index (χ4n) is 9.87. The highest BCUT2D eigenvalue weighted by molar-refractivity contribution is 6.33. The van der Waals surface area contributed by atoms with E-state index in [9.17, 15) is 19.2 Å². The number of hydrogen-bond acceptors (Lipinski definition) is 9. The van der Waals surface area contributed by atoms with Gasteiger partial charge in [-0.1, -0.05) is 17.7 Å². The van der Waals surface area contributed by atoms with Gasteiger partial charge in [0, 0.05) is 86.4 Å². The second-order valence-electron chi connectivity index (χ2n) is 16.5. The fourth-order valence-corrected chi connectivity index (χ4v) is 10.1. The second kappa shape index (κ2) is 14.4. The number of imide groups is 2. The molecule has 4 amide bonds. The quantitative estimate of drug-likeness (QED) is 0.232. The number of nitrogens with zero attached hydrogens (tertiary/aromatic N) is 6. The largest absolute Gasteiger partial charge is 0.490 e. The molecule has 5 saturated heterocycles. The number of carbonyl (C=O) groups excluding carboxylic acids is 4. The Bertz CT molecular complexity index is 2110. The highest BCUT2D eigenvalue weighted by Gasteiger charge is 2.46. The maximum Gasteiger partial charge on any atom is 0.262 e. The van der Waals surface area contributed by atoms with Crippen LogP contribution in [0, 0.1) is 12.0 Å². The zero-order valence-corrected chi connectivity index (χ0v) is 32.3. The molecule has 56 heavy (non-hydrogen) atoms. The first-order chi connectivity index (χ1) is 27.1. The molecule has 12 nitrogen and oxygen atoms in total. The summed E-state index contributed by atoms with van der Waals surface area (Å²) in [6, 6.07) is 19.7. The van der Waals surface area contributed by atoms with Crippen LogP contribution in [0.2, 0.25) is 5.02 Å². The van der Waals surface area contributed by atoms with Crippen molar-refractivity contribution < 1.29 is 23.9 Å². The van der Waals surface area contributed by atoms with Crippen LogP contribution in [0.5, 0.6) is 5.75 Å². The summed E-state index contributed by atoms with van der Waals surface area (Å²) in [5.41, 5.74) is 4.66. The van der Waals surface area contributed by atoms with Crippen LogP contribution in [0.25, 0.3) is 4.85 Å². The Hall–Kier alpha value is -5.12. The van der Waals surface area contributed by atoms with Crippen molar-refractivity contribution in [2.75, 3.05) is 60.5 Å². The number of benzene rings is 3. The number of hydrogen-bond donors (Lipinski definition) is 1. The van der Waals surface area contributed by atoms with Crippen LogP contribution in [-0.2, 0) is 9.59 Å². The summed E-state index contributed by atoms with van der Waals surface area (Å²) >= 11 is 6.39. The molecule has 0 radical (unpaired) electrons. The summed E-state index contributed by atoms with van der Waals surface area (Å²) in [5.74, 6) is -1.03. The number of piperidine rings is 3. The molecule has 13 heteroatoms. The first kappa shape index (κ1) is 36.5. The molecule has 0 bridgehead atoms. The Labute approximate surface area is 332 Å². The molecular weight excluding hydrogens is 730 g/mol. The summed E-state index contributed by atoms with van der Waals surface area (Å²) < 4.78 is 6.47. The van der Waals surface area contributed by atoms with Crippen molar-refractivity contribution >= 4 is 58.0 Å². The third-order valence-electron chi connectivity index (χ3n) is 13.1. The first-order valence-corrected chi connectivity index (χ1v) is 20.3. The van der Waals surface area contributed by atoms with E-state index in [0.717, 1.165) is 93.5 Å². The van der Waals surface area contributed by atoms with Gasteiger partial charge in [-0.05, 0) is 105 Å². The van der Waals surface area contributed by atoms with Gasteiger partial charge in [-0.25, -0.2) is 4.85 Å². The van der Waals surface area contributed by atoms with E-state index in [2.05, 4.69) is 61.0 Å². The van der Waals surface area contributed by atoms with Crippen molar-refractivity contribution in [1.82, 2.24) is 15.1 Å². The van der Waals surface area contributed by atoms with Crippen LogP contribution in [0.1, 0.15) is 72.6 Å². The molecule has 3 aromatic carbocycles. The predicted octanol–water partition coefficient (Wildman–Crippen LogP) is 5.91. The van der Waals surface area contributed by atoms with E-state index in [0.29, 0.717) is 39.3 Å². The number of likely N-dealkylation sites (tertiary alicyclic amines) is 1. The van der Waals surface area contributed by atoms with Crippen LogP contribution in [-0.4, -0.2) is 103 Å². The topological polar surface area (TPSA) is 110 Å². The fraction of sp³-hybridized carbons (Fsp3) is 0.465. The monoisotopic (exact) mass is 775 g/mol. The first-order valence-electron chi connectivity index (χ1n) is 19.9. The van der Waals surface area contributed by atoms with Crippen molar-refractivity contribution in [2.24, 2.45) is 5.41 Å². The molecule has 6 heterocycles. The Morgan fingerprint density at radius 3 is 2.21 bits per heavy atom. The van der Waals surface area contributed by atoms with Gasteiger partial charge in [0.05, 0.1) is 17.7 Å². The average molecular weight is 776 g/mol. The van der Waals surface area contributed by atoms with Gasteiger partial charge in [-0.2, -0.15) is 0 Å². The molecule has 0 aliphatic carbocycles. The zero-order chi connectivity index (χ0) is 38.7. The third-order valence-corrected chi connectivity index (χ3v) is 13.4. The Balaban J connectivity index is 0.725. The van der Waals surface area contributed by atoms with E-state index in [1.165, 1.54) is 12.1 Å². The van der Waals surface area contributed by atoms with Gasteiger partial charge in [0.15, 0.2) is 0 Å². The molecule has 6 aliphatic heterocycles. The molecule has 1 unspecified atom stereocenters. The van der Waals surface area contributed by atoms with Crippen LogP contribution in [0.3, 0.4) is 0 Å². The molecule has 2 atom stereocenters. The molecule has 9 rings (SSSR count). The van der Waals surface area contributed by atoms with E-state index in [1.54, 1.807) is 12.1 Å². The minimum absolute atomic E-state index is 0.0996. The molecule has 290 valence electrons. The van der Waals surface area contributed by atoms with Gasteiger partial charge < -0.3 is 19.4 Å². The maximum absolute atomic E-state index is 13.3. The standard InChI is InChI=1S/C43H46ClN7O5/c1-27-23-43(26-50(27)30-6-10-37(45-2)36(44)22-30)15-19-48(20-16-43)28-3-7-32(8-4-28)56-33-13-17-47(18-14-33)31-24-49(25-31)29-5-9-34-35(21-29)42(55)51(41(34)54)38-11-12-39(52)46-40(38)53/h3-10,21-22,27,31,33,38H,11-20,23-26H2,1H3,(H,46,52,53)/t27-,38?/m0/s1. The lowest BCUT2D eigenvalue weighted by atomic mass is 9.76. The third kappa shape index (κ3) is 6.64. The van der Waals surface area contributed by atoms with E-state index >= 15 is 0 Å². The maximum atomic E-state index is 13.3. The summed E-state index contributed by atoms with van der Waals surface area (Å²) in [5, 5.41) is 2.77. The van der Waals surface area contributed by atoms with Crippen molar-refractivity contribution in [3.63, 3.8) is 0 Å². The van der Waals surface area contributed by atoms with Gasteiger partial charge in [0.25, 0.3) is 11.8 Å². The molecule has 0 saturated carbocycles. The van der Waals surface area contributed by atoms with Crippen LogP contribution >= 0.6 is 11.6 Å². The highest BCUT2D eigenvalue weighted by atomic mass is 35.5. The van der Waals surface area contributed by atoms with Crippen molar-refractivity contribution in [2.45, 2.75) is 76.1 Å². The SMILES string of the molecule is [C-]#[N+]c1ccc(N2CC3(CCN(c4ccc(OC5CCN(C6CN(c7ccc8c(c7)C(=O)N(C7CCC(=O)NC7=O)C8=O)C6)CC5)cc4)CC3)C[C@@H]2C)cc1Cl. The van der Waals surface area contributed by atoms with E-state index in [-0.39, 0.29) is 24.9 Å². The molecular formula is C43H46ClN7O5. The number of amides is 4. The molecule has 1 spiro atoms. The summed E-state index contributed by atoms with van der Waals surface area (Å²) in [4.78, 5) is 64.7.